The molecule has 0 aromatic carbocycles. The van der Waals surface area contributed by atoms with Crippen LogP contribution in [-0.4, -0.2) is 43.3 Å². The highest BCUT2D eigenvalue weighted by Crippen LogP contribution is 2.67. The highest BCUT2D eigenvalue weighted by Gasteiger charge is 2.69. The van der Waals surface area contributed by atoms with Crippen molar-refractivity contribution in [1.82, 2.24) is 0 Å². The van der Waals surface area contributed by atoms with Crippen LogP contribution in [0.3, 0.4) is 0 Å². The van der Waals surface area contributed by atoms with Crippen LogP contribution in [0, 0.1) is 17.3 Å². The van der Waals surface area contributed by atoms with Gasteiger partial charge >= 0.3 is 5.97 Å². The fraction of sp³-hybridized carbons (Fsp3) is 0.950. The van der Waals surface area contributed by atoms with E-state index >= 15 is 0 Å². The number of methoxy groups -OCH3 is 1. The normalized spacial score (nSPS) is 49.9. The highest BCUT2D eigenvalue weighted by molar-refractivity contribution is 5.71. The monoisotopic (exact) mass is 352 g/mol. The summed E-state index contributed by atoms with van der Waals surface area (Å²) in [5.41, 5.74) is 0.0540. The van der Waals surface area contributed by atoms with Crippen molar-refractivity contribution in [2.45, 2.75) is 89.3 Å². The first kappa shape index (κ1) is 17.7. The van der Waals surface area contributed by atoms with Crippen LogP contribution in [0.5, 0.6) is 0 Å². The van der Waals surface area contributed by atoms with Crippen LogP contribution >= 0.6 is 0 Å². The van der Waals surface area contributed by atoms with E-state index in [1.807, 2.05) is 7.11 Å². The molecular formula is C20H32O5. The minimum Gasteiger partial charge on any atom is -0.436 e. The Morgan fingerprint density at radius 2 is 2.04 bits per heavy atom. The van der Waals surface area contributed by atoms with E-state index in [2.05, 4.69) is 20.8 Å². The van der Waals surface area contributed by atoms with Crippen molar-refractivity contribution in [3.63, 3.8) is 0 Å². The summed E-state index contributed by atoms with van der Waals surface area (Å²) in [5.74, 6) is 0.755. The standard InChI is InChI=1S/C20H32O5/c1-13(12-23-17-6-5-16(21)24-17)14-7-8-18(2)11-15-19(3,22-4)9-10-20(14,18)25-15/h13-15,17H,5-12H2,1-4H3/t13-,14+,15+,17+,18+,19-,20-/m0/s1. The molecule has 7 atom stereocenters. The number of carbonyl (C=O) groups excluding carboxylic acids is 1. The molecule has 4 rings (SSSR count). The zero-order chi connectivity index (χ0) is 17.9. The Kier molecular flexibility index (Phi) is 4.21. The Hall–Kier alpha value is -0.650. The molecule has 5 heteroatoms. The average Bonchev–Trinajstić information content (AvgIpc) is 3.18. The van der Waals surface area contributed by atoms with Crippen LogP contribution in [0.2, 0.25) is 0 Å². The molecule has 0 N–H and O–H groups in total. The summed E-state index contributed by atoms with van der Waals surface area (Å²) >= 11 is 0. The van der Waals surface area contributed by atoms with Crippen LogP contribution in [0.25, 0.3) is 0 Å². The summed E-state index contributed by atoms with van der Waals surface area (Å²) in [7, 11) is 1.81. The van der Waals surface area contributed by atoms with Gasteiger partial charge in [-0.1, -0.05) is 13.8 Å². The Balaban J connectivity index is 1.46. The van der Waals surface area contributed by atoms with Crippen molar-refractivity contribution in [3.8, 4) is 0 Å². The molecule has 0 amide bonds. The summed E-state index contributed by atoms with van der Waals surface area (Å²) in [6.45, 7) is 7.52. The lowest BCUT2D eigenvalue weighted by molar-refractivity contribution is -0.217. The van der Waals surface area contributed by atoms with Crippen molar-refractivity contribution in [2.75, 3.05) is 13.7 Å². The third-order valence-electron chi connectivity index (χ3n) is 7.84. The lowest BCUT2D eigenvalue weighted by atomic mass is 9.68. The minimum atomic E-state index is -0.347. The van der Waals surface area contributed by atoms with E-state index in [-0.39, 0.29) is 35.0 Å². The molecule has 1 saturated carbocycles. The van der Waals surface area contributed by atoms with Crippen molar-refractivity contribution in [2.24, 2.45) is 17.3 Å². The molecule has 0 radical (unpaired) electrons. The molecule has 0 unspecified atom stereocenters. The second kappa shape index (κ2) is 5.93. The van der Waals surface area contributed by atoms with Crippen LogP contribution < -0.4 is 0 Å². The molecular weight excluding hydrogens is 320 g/mol. The highest BCUT2D eigenvalue weighted by atomic mass is 16.7. The fourth-order valence-corrected chi connectivity index (χ4v) is 6.03. The number of esters is 1. The lowest BCUT2D eigenvalue weighted by Gasteiger charge is -2.48. The maximum absolute atomic E-state index is 11.2. The lowest BCUT2D eigenvalue weighted by Crippen LogP contribution is -2.54. The number of rotatable bonds is 5. The van der Waals surface area contributed by atoms with Crippen molar-refractivity contribution >= 4 is 5.97 Å². The summed E-state index contributed by atoms with van der Waals surface area (Å²) in [6.07, 6.45) is 6.66. The van der Waals surface area contributed by atoms with Gasteiger partial charge in [0.25, 0.3) is 0 Å². The Morgan fingerprint density at radius 1 is 1.24 bits per heavy atom. The van der Waals surface area contributed by atoms with E-state index in [0.717, 1.165) is 19.3 Å². The SMILES string of the molecule is CO[C@@]1(C)CC[C@@]23O[C@@H]1C[C@@]2(C)CC[C@@H]3[C@@H](C)CO[C@H]1CCC(=O)O1. The van der Waals surface area contributed by atoms with Crippen molar-refractivity contribution in [1.29, 1.82) is 0 Å². The molecule has 3 heterocycles. The molecule has 0 aromatic heterocycles. The second-order valence-corrected chi connectivity index (χ2v) is 9.19. The topological polar surface area (TPSA) is 54.0 Å². The third-order valence-corrected chi connectivity index (χ3v) is 7.84. The Morgan fingerprint density at radius 3 is 2.72 bits per heavy atom. The van der Waals surface area contributed by atoms with Gasteiger partial charge in [-0.3, -0.25) is 4.79 Å². The van der Waals surface area contributed by atoms with Gasteiger partial charge in [-0.05, 0) is 56.3 Å². The molecule has 0 aromatic rings. The predicted octanol–water partition coefficient (Wildman–Crippen LogP) is 3.45. The largest absolute Gasteiger partial charge is 0.436 e. The van der Waals surface area contributed by atoms with Crippen LogP contribution in [-0.2, 0) is 23.7 Å². The smallest absolute Gasteiger partial charge is 0.308 e. The van der Waals surface area contributed by atoms with E-state index in [1.54, 1.807) is 0 Å². The maximum Gasteiger partial charge on any atom is 0.308 e. The molecule has 5 nitrogen and oxygen atoms in total. The van der Waals surface area contributed by atoms with E-state index in [4.69, 9.17) is 18.9 Å². The van der Waals surface area contributed by atoms with Crippen molar-refractivity contribution in [3.05, 3.63) is 0 Å². The van der Waals surface area contributed by atoms with Crippen LogP contribution in [0.4, 0.5) is 0 Å². The molecule has 25 heavy (non-hydrogen) atoms. The molecule has 1 aliphatic carbocycles. The van der Waals surface area contributed by atoms with E-state index in [0.29, 0.717) is 31.3 Å². The van der Waals surface area contributed by atoms with E-state index < -0.39 is 0 Å². The quantitative estimate of drug-likeness (QED) is 0.710. The Labute approximate surface area is 150 Å². The average molecular weight is 352 g/mol. The van der Waals surface area contributed by atoms with Gasteiger partial charge in [0.05, 0.1) is 30.3 Å². The number of fused-ring (bicyclic) bond motifs is 1. The number of ether oxygens (including phenoxy) is 4. The summed E-state index contributed by atoms with van der Waals surface area (Å²) < 4.78 is 23.7. The zero-order valence-electron chi connectivity index (χ0n) is 16.0. The summed E-state index contributed by atoms with van der Waals surface area (Å²) in [4.78, 5) is 11.2. The Bertz CT molecular complexity index is 550. The van der Waals surface area contributed by atoms with Gasteiger partial charge in [0.2, 0.25) is 6.29 Å². The number of cyclic esters (lactones) is 1. The van der Waals surface area contributed by atoms with Gasteiger partial charge in [0.15, 0.2) is 0 Å². The van der Waals surface area contributed by atoms with Crippen LogP contribution in [0.15, 0.2) is 0 Å². The minimum absolute atomic E-state index is 0.0369. The van der Waals surface area contributed by atoms with Gasteiger partial charge in [-0.15, -0.1) is 0 Å². The molecule has 4 fully saturated rings. The molecule has 4 aliphatic rings. The first-order valence-corrected chi connectivity index (χ1v) is 9.86. The van der Waals surface area contributed by atoms with Gasteiger partial charge in [-0.2, -0.15) is 0 Å². The zero-order valence-corrected chi connectivity index (χ0v) is 16.0. The third kappa shape index (κ3) is 2.57. The molecule has 3 saturated heterocycles. The molecule has 1 spiro atoms. The van der Waals surface area contributed by atoms with Gasteiger partial charge in [0.1, 0.15) is 0 Å². The number of carbonyl (C=O) groups is 1. The van der Waals surface area contributed by atoms with E-state index in [9.17, 15) is 4.79 Å². The van der Waals surface area contributed by atoms with Gasteiger partial charge in [-0.25, -0.2) is 0 Å². The van der Waals surface area contributed by atoms with Gasteiger partial charge < -0.3 is 18.9 Å². The first-order chi connectivity index (χ1) is 11.8. The van der Waals surface area contributed by atoms with Gasteiger partial charge in [0, 0.05) is 13.5 Å². The predicted molar refractivity (Wildman–Crippen MR) is 91.9 cm³/mol. The fourth-order valence-electron chi connectivity index (χ4n) is 6.03. The summed E-state index contributed by atoms with van der Waals surface area (Å²) in [6, 6.07) is 0. The molecule has 2 bridgehead atoms. The maximum atomic E-state index is 11.2. The number of hydrogen-bond donors (Lipinski definition) is 0. The number of hydrogen-bond acceptors (Lipinski definition) is 5. The molecule has 142 valence electrons. The molecule has 3 aliphatic heterocycles. The first-order valence-electron chi connectivity index (χ1n) is 9.86. The second-order valence-electron chi connectivity index (χ2n) is 9.19. The summed E-state index contributed by atoms with van der Waals surface area (Å²) in [5, 5.41) is 0. The van der Waals surface area contributed by atoms with Crippen LogP contribution in [0.1, 0.15) is 65.7 Å². The van der Waals surface area contributed by atoms with E-state index in [1.165, 1.54) is 12.8 Å². The van der Waals surface area contributed by atoms with Crippen molar-refractivity contribution < 1.29 is 23.7 Å².